The van der Waals surface area contributed by atoms with Gasteiger partial charge in [0.05, 0.1) is 0 Å². The summed E-state index contributed by atoms with van der Waals surface area (Å²) in [5.74, 6) is 0.796. The summed E-state index contributed by atoms with van der Waals surface area (Å²) in [6.07, 6.45) is 29.4. The largest absolute Gasteiger partial charge is 0.402 e. The number of hydrogen-bond acceptors (Lipinski definition) is 2. The maximum absolute atomic E-state index is 6.40. The molecule has 3 rings (SSSR count). The van der Waals surface area contributed by atoms with Crippen LogP contribution in [0.15, 0.2) is 120 Å². The van der Waals surface area contributed by atoms with Gasteiger partial charge in [-0.05, 0) is 80.7 Å². The van der Waals surface area contributed by atoms with Gasteiger partial charge in [0.15, 0.2) is 0 Å². The van der Waals surface area contributed by atoms with Crippen molar-refractivity contribution in [2.75, 3.05) is 0 Å². The lowest BCUT2D eigenvalue weighted by Gasteiger charge is -2.37. The van der Waals surface area contributed by atoms with Crippen LogP contribution in [0.25, 0.3) is 0 Å². The molecule has 174 valence electrons. The van der Waals surface area contributed by atoms with Crippen LogP contribution in [-0.2, 0) is 0 Å². The van der Waals surface area contributed by atoms with E-state index in [0.29, 0.717) is 6.04 Å². The van der Waals surface area contributed by atoms with E-state index in [2.05, 4.69) is 86.2 Å². The molecule has 1 fully saturated rings. The fourth-order valence-corrected chi connectivity index (χ4v) is 4.92. The van der Waals surface area contributed by atoms with Crippen LogP contribution in [0.2, 0.25) is 0 Å². The summed E-state index contributed by atoms with van der Waals surface area (Å²) < 4.78 is 0. The molecule has 0 amide bonds. The summed E-state index contributed by atoms with van der Waals surface area (Å²) >= 11 is 0. The first-order valence-electron chi connectivity index (χ1n) is 12.2. The van der Waals surface area contributed by atoms with Gasteiger partial charge in [0, 0.05) is 23.0 Å². The Morgan fingerprint density at radius 3 is 2.52 bits per heavy atom. The van der Waals surface area contributed by atoms with Crippen LogP contribution < -0.4 is 5.73 Å². The van der Waals surface area contributed by atoms with E-state index in [0.717, 1.165) is 66.1 Å². The Morgan fingerprint density at radius 2 is 1.82 bits per heavy atom. The molecule has 0 unspecified atom stereocenters. The zero-order valence-corrected chi connectivity index (χ0v) is 20.5. The van der Waals surface area contributed by atoms with E-state index >= 15 is 0 Å². The first-order valence-corrected chi connectivity index (χ1v) is 12.2. The molecule has 2 nitrogen and oxygen atoms in total. The van der Waals surface area contributed by atoms with Crippen LogP contribution in [0.5, 0.6) is 0 Å². The third-order valence-electron chi connectivity index (χ3n) is 6.88. The van der Waals surface area contributed by atoms with E-state index in [1.54, 1.807) is 0 Å². The maximum Gasteiger partial charge on any atom is 0.0432 e. The first kappa shape index (κ1) is 24.6. The molecular weight excluding hydrogens is 400 g/mol. The Bertz CT molecular complexity index is 978. The van der Waals surface area contributed by atoms with Gasteiger partial charge in [-0.3, -0.25) is 0 Å². The van der Waals surface area contributed by atoms with Crippen LogP contribution in [0.1, 0.15) is 58.8 Å². The Morgan fingerprint density at radius 1 is 1.06 bits per heavy atom. The lowest BCUT2D eigenvalue weighted by atomic mass is 9.85. The Balaban J connectivity index is 1.79. The van der Waals surface area contributed by atoms with E-state index in [1.807, 2.05) is 13.1 Å². The van der Waals surface area contributed by atoms with Gasteiger partial charge in [0.25, 0.3) is 0 Å². The molecule has 0 atom stereocenters. The van der Waals surface area contributed by atoms with Gasteiger partial charge in [-0.1, -0.05) is 86.9 Å². The molecule has 0 radical (unpaired) electrons. The topological polar surface area (TPSA) is 29.3 Å². The summed E-state index contributed by atoms with van der Waals surface area (Å²) in [6, 6.07) is 0.424. The van der Waals surface area contributed by atoms with Gasteiger partial charge in [-0.2, -0.15) is 0 Å². The maximum atomic E-state index is 6.40. The fraction of sp³-hybridized carbons (Fsp3) is 0.355. The van der Waals surface area contributed by atoms with Crippen LogP contribution in [0.3, 0.4) is 0 Å². The number of hydrogen-bond donors (Lipinski definition) is 1. The molecule has 0 aromatic carbocycles. The first-order chi connectivity index (χ1) is 15.9. The SMILES string of the molecule is C=CN(C(=C)/C(C(=C)C1=CC=C(CC2=CC=CCC=C2)CC=C1)=C(\C)N)C1CCC(C)CC1. The van der Waals surface area contributed by atoms with E-state index in [9.17, 15) is 0 Å². The molecule has 3 aliphatic carbocycles. The normalized spacial score (nSPS) is 23.4. The van der Waals surface area contributed by atoms with Crippen molar-refractivity contribution in [3.05, 3.63) is 120 Å². The number of rotatable bonds is 8. The van der Waals surface area contributed by atoms with E-state index in [-0.39, 0.29) is 0 Å². The van der Waals surface area contributed by atoms with Crippen LogP contribution >= 0.6 is 0 Å². The quantitative estimate of drug-likeness (QED) is 0.388. The molecule has 3 aliphatic rings. The molecule has 33 heavy (non-hydrogen) atoms. The van der Waals surface area contributed by atoms with Gasteiger partial charge in [0.2, 0.25) is 0 Å². The van der Waals surface area contributed by atoms with Crippen molar-refractivity contribution in [2.24, 2.45) is 11.7 Å². The summed E-state index contributed by atoms with van der Waals surface area (Å²) in [7, 11) is 0. The lowest BCUT2D eigenvalue weighted by Crippen LogP contribution is -2.34. The van der Waals surface area contributed by atoms with Crippen molar-refractivity contribution in [3.63, 3.8) is 0 Å². The Hall–Kier alpha value is -3.00. The highest BCUT2D eigenvalue weighted by Crippen LogP contribution is 2.35. The summed E-state index contributed by atoms with van der Waals surface area (Å²) in [5, 5.41) is 0. The molecule has 0 heterocycles. The Kier molecular flexibility index (Phi) is 8.77. The van der Waals surface area contributed by atoms with Crippen molar-refractivity contribution in [1.82, 2.24) is 4.90 Å². The number of nitrogens with zero attached hydrogens (tertiary/aromatic N) is 1. The minimum atomic E-state index is 0.424. The highest BCUT2D eigenvalue weighted by Gasteiger charge is 2.26. The molecule has 0 aromatic rings. The molecule has 2 heteroatoms. The predicted molar refractivity (Wildman–Crippen MR) is 144 cm³/mol. The summed E-state index contributed by atoms with van der Waals surface area (Å²) in [5.41, 5.74) is 13.7. The molecule has 1 saturated carbocycles. The second-order valence-corrected chi connectivity index (χ2v) is 9.52. The predicted octanol–water partition coefficient (Wildman–Crippen LogP) is 7.96. The Labute approximate surface area is 201 Å². The van der Waals surface area contributed by atoms with Crippen molar-refractivity contribution in [2.45, 2.75) is 64.8 Å². The third-order valence-corrected chi connectivity index (χ3v) is 6.88. The van der Waals surface area contributed by atoms with Crippen molar-refractivity contribution >= 4 is 0 Å². The van der Waals surface area contributed by atoms with Gasteiger partial charge >= 0.3 is 0 Å². The average Bonchev–Trinajstić information content (AvgIpc) is 3.19. The van der Waals surface area contributed by atoms with E-state index in [1.165, 1.54) is 24.0 Å². The molecule has 0 spiro atoms. The highest BCUT2D eigenvalue weighted by molar-refractivity contribution is 5.60. The lowest BCUT2D eigenvalue weighted by molar-refractivity contribution is 0.229. The fourth-order valence-electron chi connectivity index (χ4n) is 4.92. The van der Waals surface area contributed by atoms with Gasteiger partial charge in [-0.25, -0.2) is 0 Å². The monoisotopic (exact) mass is 440 g/mol. The van der Waals surface area contributed by atoms with Crippen LogP contribution in [-0.4, -0.2) is 10.9 Å². The van der Waals surface area contributed by atoms with Crippen LogP contribution in [0.4, 0.5) is 0 Å². The smallest absolute Gasteiger partial charge is 0.0432 e. The number of nitrogens with two attached hydrogens (primary N) is 1. The highest BCUT2D eigenvalue weighted by atomic mass is 15.2. The minimum Gasteiger partial charge on any atom is -0.402 e. The molecule has 0 aliphatic heterocycles. The van der Waals surface area contributed by atoms with Crippen molar-refractivity contribution < 1.29 is 0 Å². The van der Waals surface area contributed by atoms with Gasteiger partial charge in [0.1, 0.15) is 0 Å². The van der Waals surface area contributed by atoms with E-state index in [4.69, 9.17) is 5.73 Å². The molecular formula is C31H40N2. The van der Waals surface area contributed by atoms with Gasteiger partial charge in [-0.15, -0.1) is 0 Å². The zero-order valence-electron chi connectivity index (χ0n) is 20.5. The molecule has 2 N–H and O–H groups in total. The number of allylic oxidation sites excluding steroid dienone is 14. The summed E-state index contributed by atoms with van der Waals surface area (Å²) in [4.78, 5) is 2.23. The zero-order chi connectivity index (χ0) is 23.8. The second-order valence-electron chi connectivity index (χ2n) is 9.52. The average molecular weight is 441 g/mol. The van der Waals surface area contributed by atoms with Crippen molar-refractivity contribution in [1.29, 1.82) is 0 Å². The second kappa shape index (κ2) is 11.7. The molecule has 0 bridgehead atoms. The van der Waals surface area contributed by atoms with Crippen LogP contribution in [0, 0.1) is 5.92 Å². The minimum absolute atomic E-state index is 0.424. The van der Waals surface area contributed by atoms with Crippen molar-refractivity contribution in [3.8, 4) is 0 Å². The van der Waals surface area contributed by atoms with E-state index < -0.39 is 0 Å². The van der Waals surface area contributed by atoms with Gasteiger partial charge < -0.3 is 10.6 Å². The standard InChI is InChI=1S/C31H40N2/c1-6-33(30-20-16-23(2)17-21-30)26(5)31(25(4)32)24(3)29-15-11-14-28(18-19-29)22-27-12-9-7-8-10-13-27/h6-7,9-13,15,18-19,23,30H,1,3,5,8,14,16-17,20-22,32H2,2,4H3/b31-25+. The molecule has 0 aromatic heterocycles. The summed E-state index contributed by atoms with van der Waals surface area (Å²) in [6.45, 7) is 17.3. The third kappa shape index (κ3) is 6.51. The molecule has 0 saturated heterocycles.